The van der Waals surface area contributed by atoms with Gasteiger partial charge in [-0.05, 0) is 36.4 Å². The smallest absolute Gasteiger partial charge is 0.262 e. The summed E-state index contributed by atoms with van der Waals surface area (Å²) < 4.78 is 59.8. The van der Waals surface area contributed by atoms with Crippen LogP contribution in [0.2, 0.25) is 0 Å². The number of primary sulfonamides is 1. The van der Waals surface area contributed by atoms with Crippen LogP contribution < -0.4 is 19.3 Å². The molecular formula is C14H16N2O6S2. The van der Waals surface area contributed by atoms with Gasteiger partial charge >= 0.3 is 0 Å². The SMILES string of the molecule is COc1ccc(NS(=O)(=O)c2ccc(S(N)(=O)=O)cc2)c(OC)c1. The maximum atomic E-state index is 12.4. The topological polar surface area (TPSA) is 125 Å². The zero-order chi connectivity index (χ0) is 18.0. The summed E-state index contributed by atoms with van der Waals surface area (Å²) in [7, 11) is -4.95. The molecular weight excluding hydrogens is 356 g/mol. The molecule has 0 saturated carbocycles. The molecule has 0 aliphatic rings. The van der Waals surface area contributed by atoms with Gasteiger partial charge in [-0.25, -0.2) is 22.0 Å². The van der Waals surface area contributed by atoms with Crippen LogP contribution >= 0.6 is 0 Å². The molecule has 3 N–H and O–H groups in total. The number of anilines is 1. The van der Waals surface area contributed by atoms with E-state index in [0.29, 0.717) is 5.75 Å². The van der Waals surface area contributed by atoms with Crippen molar-refractivity contribution in [2.24, 2.45) is 5.14 Å². The van der Waals surface area contributed by atoms with Crippen molar-refractivity contribution in [3.63, 3.8) is 0 Å². The number of hydrogen-bond acceptors (Lipinski definition) is 6. The molecule has 0 aromatic heterocycles. The molecule has 8 nitrogen and oxygen atoms in total. The average molecular weight is 372 g/mol. The van der Waals surface area contributed by atoms with Crippen LogP contribution in [0.4, 0.5) is 5.69 Å². The number of nitrogens with two attached hydrogens (primary N) is 1. The Hall–Kier alpha value is -2.30. The minimum atomic E-state index is -3.93. The van der Waals surface area contributed by atoms with Crippen LogP contribution in [-0.2, 0) is 20.0 Å². The summed E-state index contributed by atoms with van der Waals surface area (Å²) in [6.07, 6.45) is 0. The van der Waals surface area contributed by atoms with E-state index in [-0.39, 0.29) is 21.2 Å². The van der Waals surface area contributed by atoms with Crippen molar-refractivity contribution in [3.05, 3.63) is 42.5 Å². The highest BCUT2D eigenvalue weighted by atomic mass is 32.2. The molecule has 0 unspecified atom stereocenters. The summed E-state index contributed by atoms with van der Waals surface area (Å²) in [4.78, 5) is -0.295. The van der Waals surface area contributed by atoms with Gasteiger partial charge < -0.3 is 9.47 Å². The standard InChI is InChI=1S/C14H16N2O6S2/c1-21-10-3-8-13(14(9-10)22-2)16-24(19,20)12-6-4-11(5-7-12)23(15,17)18/h3-9,16H,1-2H3,(H2,15,17,18). The van der Waals surface area contributed by atoms with Crippen molar-refractivity contribution < 1.29 is 26.3 Å². The van der Waals surface area contributed by atoms with Crippen LogP contribution in [0.25, 0.3) is 0 Å². The van der Waals surface area contributed by atoms with Gasteiger partial charge in [0.25, 0.3) is 10.0 Å². The lowest BCUT2D eigenvalue weighted by Crippen LogP contribution is -2.15. The summed E-state index contributed by atoms with van der Waals surface area (Å²) in [5.74, 6) is 0.784. The number of methoxy groups -OCH3 is 2. The number of hydrogen-bond donors (Lipinski definition) is 2. The zero-order valence-corrected chi connectivity index (χ0v) is 14.5. The second kappa shape index (κ2) is 6.67. The van der Waals surface area contributed by atoms with E-state index in [4.69, 9.17) is 14.6 Å². The van der Waals surface area contributed by atoms with Crippen molar-refractivity contribution in [2.45, 2.75) is 9.79 Å². The second-order valence-corrected chi connectivity index (χ2v) is 7.93. The Balaban J connectivity index is 2.35. The number of rotatable bonds is 6. The molecule has 2 rings (SSSR count). The molecule has 0 bridgehead atoms. The van der Waals surface area contributed by atoms with E-state index in [9.17, 15) is 16.8 Å². The Kier molecular flexibility index (Phi) is 5.02. The lowest BCUT2D eigenvalue weighted by atomic mass is 10.3. The van der Waals surface area contributed by atoms with E-state index in [1.807, 2.05) is 0 Å². The predicted molar refractivity (Wildman–Crippen MR) is 88.2 cm³/mol. The number of sulfonamides is 2. The summed E-state index contributed by atoms with van der Waals surface area (Å²) in [6.45, 7) is 0. The van der Waals surface area contributed by atoms with E-state index in [1.165, 1.54) is 26.4 Å². The molecule has 0 amide bonds. The van der Waals surface area contributed by atoms with Crippen LogP contribution in [-0.4, -0.2) is 31.1 Å². The van der Waals surface area contributed by atoms with Crippen molar-refractivity contribution in [1.82, 2.24) is 0 Å². The first-order chi connectivity index (χ1) is 11.2. The third-order valence-electron chi connectivity index (χ3n) is 3.12. The van der Waals surface area contributed by atoms with E-state index >= 15 is 0 Å². The molecule has 0 atom stereocenters. The van der Waals surface area contributed by atoms with E-state index in [0.717, 1.165) is 24.3 Å². The Morgan fingerprint density at radius 1 is 0.875 bits per heavy atom. The molecule has 0 fully saturated rings. The monoisotopic (exact) mass is 372 g/mol. The molecule has 0 aliphatic heterocycles. The highest BCUT2D eigenvalue weighted by Crippen LogP contribution is 2.30. The van der Waals surface area contributed by atoms with Crippen molar-refractivity contribution in [2.75, 3.05) is 18.9 Å². The number of benzene rings is 2. The molecule has 0 radical (unpaired) electrons. The molecule has 0 heterocycles. The largest absolute Gasteiger partial charge is 0.497 e. The van der Waals surface area contributed by atoms with E-state index < -0.39 is 20.0 Å². The Labute approximate surface area is 140 Å². The first-order valence-electron chi connectivity index (χ1n) is 6.55. The third-order valence-corrected chi connectivity index (χ3v) is 5.43. The van der Waals surface area contributed by atoms with Gasteiger partial charge in [-0.2, -0.15) is 0 Å². The second-order valence-electron chi connectivity index (χ2n) is 4.69. The Bertz CT molecular complexity index is 938. The highest BCUT2D eigenvalue weighted by Gasteiger charge is 2.18. The molecule has 2 aromatic rings. The molecule has 10 heteroatoms. The van der Waals surface area contributed by atoms with Crippen LogP contribution in [0.5, 0.6) is 11.5 Å². The van der Waals surface area contributed by atoms with Crippen molar-refractivity contribution >= 4 is 25.7 Å². The van der Waals surface area contributed by atoms with Gasteiger partial charge in [-0.1, -0.05) is 0 Å². The van der Waals surface area contributed by atoms with E-state index in [2.05, 4.69) is 4.72 Å². The van der Waals surface area contributed by atoms with Gasteiger partial charge in [-0.3, -0.25) is 4.72 Å². The quantitative estimate of drug-likeness (QED) is 0.784. The zero-order valence-electron chi connectivity index (χ0n) is 12.9. The normalized spacial score (nSPS) is 11.8. The minimum Gasteiger partial charge on any atom is -0.497 e. The Morgan fingerprint density at radius 2 is 1.46 bits per heavy atom. The van der Waals surface area contributed by atoms with Crippen LogP contribution in [0, 0.1) is 0 Å². The maximum Gasteiger partial charge on any atom is 0.262 e. The van der Waals surface area contributed by atoms with Gasteiger partial charge in [0, 0.05) is 6.07 Å². The van der Waals surface area contributed by atoms with Crippen LogP contribution in [0.15, 0.2) is 52.3 Å². The molecule has 0 saturated heterocycles. The fourth-order valence-electron chi connectivity index (χ4n) is 1.89. The molecule has 0 aliphatic carbocycles. The minimum absolute atomic E-state index is 0.118. The predicted octanol–water partition coefficient (Wildman–Crippen LogP) is 1.15. The summed E-state index contributed by atoms with van der Waals surface area (Å²) in [5.41, 5.74) is 0.217. The maximum absolute atomic E-state index is 12.4. The molecule has 0 spiro atoms. The Morgan fingerprint density at radius 3 is 1.96 bits per heavy atom. The van der Waals surface area contributed by atoms with E-state index in [1.54, 1.807) is 6.07 Å². The number of nitrogens with one attached hydrogen (secondary N) is 1. The van der Waals surface area contributed by atoms with Gasteiger partial charge in [0.2, 0.25) is 10.0 Å². The third kappa shape index (κ3) is 3.96. The van der Waals surface area contributed by atoms with Crippen molar-refractivity contribution in [3.8, 4) is 11.5 Å². The first-order valence-corrected chi connectivity index (χ1v) is 9.58. The first kappa shape index (κ1) is 18.0. The van der Waals surface area contributed by atoms with Crippen LogP contribution in [0.3, 0.4) is 0 Å². The molecule has 130 valence electrons. The average Bonchev–Trinajstić information content (AvgIpc) is 2.54. The van der Waals surface area contributed by atoms with Gasteiger partial charge in [0.1, 0.15) is 11.5 Å². The van der Waals surface area contributed by atoms with Gasteiger partial charge in [0.15, 0.2) is 0 Å². The summed E-state index contributed by atoms with van der Waals surface area (Å²) in [5, 5.41) is 4.98. The lowest BCUT2D eigenvalue weighted by molar-refractivity contribution is 0.395. The highest BCUT2D eigenvalue weighted by molar-refractivity contribution is 7.92. The molecule has 24 heavy (non-hydrogen) atoms. The fourth-order valence-corrected chi connectivity index (χ4v) is 3.48. The molecule has 2 aromatic carbocycles. The van der Waals surface area contributed by atoms with Gasteiger partial charge in [-0.15, -0.1) is 0 Å². The summed E-state index contributed by atoms with van der Waals surface area (Å²) >= 11 is 0. The number of ether oxygens (including phenoxy) is 2. The lowest BCUT2D eigenvalue weighted by Gasteiger charge is -2.13. The van der Waals surface area contributed by atoms with Crippen LogP contribution in [0.1, 0.15) is 0 Å². The van der Waals surface area contributed by atoms with Gasteiger partial charge in [0.05, 0.1) is 29.7 Å². The fraction of sp³-hybridized carbons (Fsp3) is 0.143. The van der Waals surface area contributed by atoms with Crippen molar-refractivity contribution in [1.29, 1.82) is 0 Å². The summed E-state index contributed by atoms with van der Waals surface area (Å²) in [6, 6.07) is 9.14.